The van der Waals surface area contributed by atoms with E-state index in [9.17, 15) is 13.2 Å². The third-order valence-electron chi connectivity index (χ3n) is 2.89. The predicted molar refractivity (Wildman–Crippen MR) is 76.9 cm³/mol. The number of hydrogen-bond donors (Lipinski definition) is 1. The molecule has 1 N–H and O–H groups in total. The summed E-state index contributed by atoms with van der Waals surface area (Å²) in [5.74, 6) is 1.65. The van der Waals surface area contributed by atoms with E-state index in [4.69, 9.17) is 11.2 Å². The van der Waals surface area contributed by atoms with Crippen LogP contribution in [-0.2, 0) is 26.6 Å². The normalized spacial score (nSPS) is 12.7. The van der Waals surface area contributed by atoms with Gasteiger partial charge in [-0.25, -0.2) is 8.42 Å². The molecule has 0 aromatic carbocycles. The first-order chi connectivity index (χ1) is 9.70. The van der Waals surface area contributed by atoms with E-state index in [-0.39, 0.29) is 17.9 Å². The van der Waals surface area contributed by atoms with Crippen molar-refractivity contribution in [3.8, 4) is 12.3 Å². The van der Waals surface area contributed by atoms with Crippen LogP contribution in [0.4, 0.5) is 0 Å². The van der Waals surface area contributed by atoms with Crippen molar-refractivity contribution in [3.63, 3.8) is 0 Å². The Morgan fingerprint density at radius 2 is 2.14 bits per heavy atom. The van der Waals surface area contributed by atoms with E-state index in [1.807, 2.05) is 0 Å². The van der Waals surface area contributed by atoms with Crippen molar-refractivity contribution in [1.29, 1.82) is 0 Å². The van der Waals surface area contributed by atoms with Crippen LogP contribution in [0.15, 0.2) is 4.90 Å². The lowest BCUT2D eigenvalue weighted by Gasteiger charge is -2.13. The van der Waals surface area contributed by atoms with E-state index >= 15 is 0 Å². The molecular formula is C13H19N3O4S. The highest BCUT2D eigenvalue weighted by Crippen LogP contribution is 2.18. The zero-order valence-electron chi connectivity index (χ0n) is 12.5. The van der Waals surface area contributed by atoms with Crippen molar-refractivity contribution in [1.82, 2.24) is 14.5 Å². The number of ether oxygens (including phenoxy) is 1. The van der Waals surface area contributed by atoms with E-state index in [0.717, 1.165) is 0 Å². The zero-order chi connectivity index (χ0) is 16.2. The molecule has 1 heterocycles. The fourth-order valence-corrected chi connectivity index (χ4v) is 3.45. The second kappa shape index (κ2) is 6.74. The first-order valence-corrected chi connectivity index (χ1v) is 7.81. The lowest BCUT2D eigenvalue weighted by Crippen LogP contribution is -2.40. The molecule has 0 aliphatic heterocycles. The molecule has 7 nitrogen and oxygen atoms in total. The van der Waals surface area contributed by atoms with Crippen LogP contribution in [0.5, 0.6) is 0 Å². The van der Waals surface area contributed by atoms with Gasteiger partial charge in [-0.2, -0.15) is 9.82 Å². The number of carbonyl (C=O) groups is 1. The highest BCUT2D eigenvalue weighted by Gasteiger charge is 2.28. The number of carbonyl (C=O) groups excluding carboxylic acids is 1. The van der Waals surface area contributed by atoms with Gasteiger partial charge in [-0.3, -0.25) is 9.48 Å². The topological polar surface area (TPSA) is 90.3 Å². The molecule has 1 rings (SSSR count). The molecule has 1 unspecified atom stereocenters. The Morgan fingerprint density at radius 1 is 1.52 bits per heavy atom. The van der Waals surface area contributed by atoms with Crippen molar-refractivity contribution >= 4 is 16.0 Å². The Kier molecular flexibility index (Phi) is 5.52. The minimum atomic E-state index is -3.85. The van der Waals surface area contributed by atoms with Gasteiger partial charge >= 0.3 is 5.97 Å². The summed E-state index contributed by atoms with van der Waals surface area (Å²) in [6.45, 7) is 4.71. The number of nitrogens with zero attached hydrogens (tertiary/aromatic N) is 2. The minimum Gasteiger partial charge on any atom is -0.463 e. The maximum atomic E-state index is 12.3. The van der Waals surface area contributed by atoms with Crippen LogP contribution in [-0.4, -0.2) is 36.8 Å². The molecule has 8 heteroatoms. The molecule has 0 saturated carbocycles. The molecule has 0 aliphatic carbocycles. The molecule has 0 fully saturated rings. The van der Waals surface area contributed by atoms with E-state index in [1.165, 1.54) is 11.6 Å². The average Bonchev–Trinajstić information content (AvgIpc) is 2.63. The van der Waals surface area contributed by atoms with Gasteiger partial charge < -0.3 is 4.74 Å². The van der Waals surface area contributed by atoms with E-state index < -0.39 is 22.0 Å². The van der Waals surface area contributed by atoms with Crippen LogP contribution < -0.4 is 4.72 Å². The van der Waals surface area contributed by atoms with Crippen molar-refractivity contribution in [2.24, 2.45) is 7.05 Å². The summed E-state index contributed by atoms with van der Waals surface area (Å²) in [5.41, 5.74) is 0.864. The predicted octanol–water partition coefficient (Wildman–Crippen LogP) is 0.270. The Morgan fingerprint density at radius 3 is 2.62 bits per heavy atom. The summed E-state index contributed by atoms with van der Waals surface area (Å²) >= 11 is 0. The van der Waals surface area contributed by atoms with Gasteiger partial charge in [0.1, 0.15) is 17.5 Å². The van der Waals surface area contributed by atoms with Gasteiger partial charge in [0, 0.05) is 13.5 Å². The van der Waals surface area contributed by atoms with Gasteiger partial charge in [-0.15, -0.1) is 12.3 Å². The summed E-state index contributed by atoms with van der Waals surface area (Å²) in [6, 6.07) is -1.01. The van der Waals surface area contributed by atoms with E-state index in [0.29, 0.717) is 11.4 Å². The van der Waals surface area contributed by atoms with Crippen molar-refractivity contribution in [3.05, 3.63) is 11.4 Å². The molecule has 0 saturated heterocycles. The number of aryl methyl sites for hydroxylation is 2. The number of hydrogen-bond acceptors (Lipinski definition) is 5. The fraction of sp³-hybridized carbons (Fsp3) is 0.538. The van der Waals surface area contributed by atoms with Crippen LogP contribution >= 0.6 is 0 Å². The Hall–Kier alpha value is -1.85. The third kappa shape index (κ3) is 4.06. The van der Waals surface area contributed by atoms with Crippen molar-refractivity contribution in [2.45, 2.75) is 38.1 Å². The smallest absolute Gasteiger partial charge is 0.323 e. The molecule has 0 amide bonds. The molecule has 1 atom stereocenters. The SMILES string of the molecule is C#CCCOC(=O)C(C)NS(=O)(=O)c1c(C)nn(C)c1C. The second-order valence-corrected chi connectivity index (χ2v) is 6.24. The van der Waals surface area contributed by atoms with Crippen LogP contribution in [0.3, 0.4) is 0 Å². The monoisotopic (exact) mass is 313 g/mol. The summed E-state index contributed by atoms with van der Waals surface area (Å²) in [7, 11) is -2.20. The van der Waals surface area contributed by atoms with Crippen LogP contribution in [0.2, 0.25) is 0 Å². The van der Waals surface area contributed by atoms with Gasteiger partial charge in [-0.1, -0.05) is 0 Å². The highest BCUT2D eigenvalue weighted by molar-refractivity contribution is 7.89. The molecule has 0 radical (unpaired) electrons. The summed E-state index contributed by atoms with van der Waals surface area (Å²) in [4.78, 5) is 11.7. The van der Waals surface area contributed by atoms with E-state index in [1.54, 1.807) is 20.9 Å². The van der Waals surface area contributed by atoms with Crippen LogP contribution in [0, 0.1) is 26.2 Å². The number of aromatic nitrogens is 2. The summed E-state index contributed by atoms with van der Waals surface area (Å²) < 4.78 is 33.3. The summed E-state index contributed by atoms with van der Waals surface area (Å²) in [5, 5.41) is 4.05. The number of rotatable bonds is 6. The fourth-order valence-electron chi connectivity index (χ4n) is 1.82. The highest BCUT2D eigenvalue weighted by atomic mass is 32.2. The van der Waals surface area contributed by atoms with Crippen LogP contribution in [0.1, 0.15) is 24.7 Å². The number of esters is 1. The molecule has 0 bridgehead atoms. The van der Waals surface area contributed by atoms with Gasteiger partial charge in [0.2, 0.25) is 10.0 Å². The Labute approximate surface area is 124 Å². The lowest BCUT2D eigenvalue weighted by atomic mass is 10.4. The number of terminal acetylenes is 1. The molecule has 1 aromatic rings. The Bertz CT molecular complexity index is 670. The second-order valence-electron chi connectivity index (χ2n) is 4.59. The van der Waals surface area contributed by atoms with Crippen LogP contribution in [0.25, 0.3) is 0 Å². The maximum Gasteiger partial charge on any atom is 0.323 e. The third-order valence-corrected chi connectivity index (χ3v) is 4.68. The molecule has 0 spiro atoms. The molecule has 116 valence electrons. The average molecular weight is 313 g/mol. The lowest BCUT2D eigenvalue weighted by molar-refractivity contribution is -0.144. The minimum absolute atomic E-state index is 0.0619. The zero-order valence-corrected chi connectivity index (χ0v) is 13.3. The van der Waals surface area contributed by atoms with Gasteiger partial charge in [0.05, 0.1) is 11.4 Å². The van der Waals surface area contributed by atoms with E-state index in [2.05, 4.69) is 15.7 Å². The van der Waals surface area contributed by atoms with Gasteiger partial charge in [0.25, 0.3) is 0 Å². The standard InChI is InChI=1S/C13H19N3O4S/c1-6-7-8-20-13(17)10(3)15-21(18,19)12-9(2)14-16(5)11(12)4/h1,10,15H,7-8H2,2-5H3. The Balaban J connectivity index is 2.86. The van der Waals surface area contributed by atoms with Gasteiger partial charge in [0.15, 0.2) is 0 Å². The molecular weight excluding hydrogens is 294 g/mol. The molecule has 1 aromatic heterocycles. The summed E-state index contributed by atoms with van der Waals surface area (Å²) in [6.07, 6.45) is 5.33. The quantitative estimate of drug-likeness (QED) is 0.462. The van der Waals surface area contributed by atoms with Gasteiger partial charge in [-0.05, 0) is 20.8 Å². The number of nitrogens with one attached hydrogen (secondary N) is 1. The number of sulfonamides is 1. The largest absolute Gasteiger partial charge is 0.463 e. The van der Waals surface area contributed by atoms with Crippen molar-refractivity contribution in [2.75, 3.05) is 6.61 Å². The van der Waals surface area contributed by atoms with Crippen molar-refractivity contribution < 1.29 is 17.9 Å². The first-order valence-electron chi connectivity index (χ1n) is 6.33. The first kappa shape index (κ1) is 17.2. The maximum absolute atomic E-state index is 12.3. The molecule has 0 aliphatic rings. The molecule has 21 heavy (non-hydrogen) atoms.